The van der Waals surface area contributed by atoms with Gasteiger partial charge in [-0.15, -0.1) is 12.4 Å². The van der Waals surface area contributed by atoms with Gasteiger partial charge >= 0.3 is 23.7 Å². The van der Waals surface area contributed by atoms with E-state index >= 15 is 0 Å². The third-order valence-electron chi connectivity index (χ3n) is 14.5. The minimum Gasteiger partial charge on any atom is -0.454 e. The second-order valence-electron chi connectivity index (χ2n) is 19.9. The number of likely N-dealkylation sites (tertiary alicyclic amines) is 5. The fourth-order valence-corrected chi connectivity index (χ4v) is 10.2. The zero-order valence-electron chi connectivity index (χ0n) is 47.3. The number of rotatable bonds is 7. The molecule has 2 unspecified atom stereocenters. The van der Waals surface area contributed by atoms with Gasteiger partial charge in [0.15, 0.2) is 0 Å². The van der Waals surface area contributed by atoms with Crippen LogP contribution in [0.15, 0.2) is 0 Å². The van der Waals surface area contributed by atoms with Crippen molar-refractivity contribution in [3.05, 3.63) is 0 Å². The summed E-state index contributed by atoms with van der Waals surface area (Å²) in [6.45, 7) is 22.9. The minimum absolute atomic E-state index is 0. The SMILES string of the molecule is CCOC(=O)Cl.CCOC(=O)N1CCCC(=O)CC1.CCOC(=O)N1CCCC(N2CCC(C#N)CC2)CC1.CCOC(=O)N1CCCC(N2CCC(C(C)=O)CC2)CC1.Cl.N#CC1CCNCC1.O=C1CCCNCC1. The number of nitrogens with zero attached hydrogens (tertiary/aromatic N) is 7. The maximum absolute atomic E-state index is 11.8. The van der Waals surface area contributed by atoms with Crippen LogP contribution in [0.5, 0.6) is 0 Å². The quantitative estimate of drug-likeness (QED) is 0.180. The van der Waals surface area contributed by atoms with Gasteiger partial charge in [-0.1, -0.05) is 0 Å². The van der Waals surface area contributed by atoms with Crippen LogP contribution in [-0.4, -0.2) is 196 Å². The van der Waals surface area contributed by atoms with Gasteiger partial charge in [0.25, 0.3) is 0 Å². The van der Waals surface area contributed by atoms with Gasteiger partial charge in [-0.3, -0.25) is 14.4 Å². The first kappa shape index (κ1) is 70.7. The number of carbonyl (C=O) groups is 7. The molecule has 2 N–H and O–H groups in total. The van der Waals surface area contributed by atoms with E-state index in [1.54, 1.807) is 25.7 Å². The fourth-order valence-electron chi connectivity index (χ4n) is 10.1. The largest absolute Gasteiger partial charge is 0.454 e. The van der Waals surface area contributed by atoms with Crippen LogP contribution in [0, 0.1) is 40.4 Å². The molecule has 7 heterocycles. The van der Waals surface area contributed by atoms with Crippen LogP contribution in [0.1, 0.15) is 150 Å². The lowest BCUT2D eigenvalue weighted by molar-refractivity contribution is -0.122. The first-order valence-electron chi connectivity index (χ1n) is 28.5. The van der Waals surface area contributed by atoms with Crippen molar-refractivity contribution in [1.29, 1.82) is 10.5 Å². The minimum atomic E-state index is -0.738. The predicted octanol–water partition coefficient (Wildman–Crippen LogP) is 8.37. The summed E-state index contributed by atoms with van der Waals surface area (Å²) in [5.41, 5.74) is -0.738. The molecule has 7 saturated heterocycles. The third-order valence-corrected chi connectivity index (χ3v) is 14.6. The van der Waals surface area contributed by atoms with Crippen molar-refractivity contribution in [1.82, 2.24) is 35.1 Å². The summed E-state index contributed by atoms with van der Waals surface area (Å²) < 4.78 is 19.2. The van der Waals surface area contributed by atoms with Crippen molar-refractivity contribution in [3.63, 3.8) is 0 Å². The monoisotopic (exact) mass is 1130 g/mol. The molecule has 0 saturated carbocycles. The molecule has 0 aliphatic carbocycles. The lowest BCUT2D eigenvalue weighted by atomic mass is 9.91. The number of halogens is 2. The Bertz CT molecular complexity index is 1780. The number of ketones is 3. The van der Waals surface area contributed by atoms with Crippen LogP contribution >= 0.6 is 24.0 Å². The highest BCUT2D eigenvalue weighted by atomic mass is 35.5. The number of ether oxygens (including phenoxy) is 4. The van der Waals surface area contributed by atoms with Crippen molar-refractivity contribution in [2.24, 2.45) is 17.8 Å². The summed E-state index contributed by atoms with van der Waals surface area (Å²) in [6, 6.07) is 5.76. The van der Waals surface area contributed by atoms with Gasteiger partial charge < -0.3 is 54.1 Å². The highest BCUT2D eigenvalue weighted by Crippen LogP contribution is 2.26. The van der Waals surface area contributed by atoms with Crippen molar-refractivity contribution in [3.8, 4) is 12.1 Å². The van der Waals surface area contributed by atoms with Gasteiger partial charge in [0.05, 0.1) is 38.6 Å². The van der Waals surface area contributed by atoms with E-state index in [0.717, 1.165) is 181 Å². The normalized spacial score (nSPS) is 22.0. The summed E-state index contributed by atoms with van der Waals surface area (Å²) in [4.78, 5) is 87.8. The molecule has 7 rings (SSSR count). The Balaban J connectivity index is 0.000000488. The summed E-state index contributed by atoms with van der Waals surface area (Å²) in [5.74, 6) is 1.83. The second-order valence-corrected chi connectivity index (χ2v) is 20.3. The van der Waals surface area contributed by atoms with Crippen LogP contribution in [0.4, 0.5) is 19.2 Å². The molecular formula is C55H95Cl2N9O11. The Kier molecular flexibility index (Phi) is 40.0. The van der Waals surface area contributed by atoms with Gasteiger partial charge in [-0.25, -0.2) is 19.2 Å². The molecule has 0 aromatic carbocycles. The Morgan fingerprint density at radius 2 is 0.909 bits per heavy atom. The van der Waals surface area contributed by atoms with Crippen molar-refractivity contribution in [2.45, 2.75) is 162 Å². The molecule has 77 heavy (non-hydrogen) atoms. The molecule has 0 aromatic rings. The highest BCUT2D eigenvalue weighted by molar-refractivity contribution is 6.61. The molecule has 22 heteroatoms. The van der Waals surface area contributed by atoms with E-state index in [1.807, 2.05) is 23.6 Å². The molecule has 20 nitrogen and oxygen atoms in total. The summed E-state index contributed by atoms with van der Waals surface area (Å²) >= 11 is 4.72. The third kappa shape index (κ3) is 31.2. The topological polar surface area (TPSA) is 244 Å². The lowest BCUT2D eigenvalue weighted by Crippen LogP contribution is -2.43. The van der Waals surface area contributed by atoms with Crippen molar-refractivity contribution in [2.75, 3.05) is 118 Å². The molecule has 0 bridgehead atoms. The first-order valence-corrected chi connectivity index (χ1v) is 28.9. The molecular weight excluding hydrogens is 1030 g/mol. The molecule has 0 spiro atoms. The molecule has 0 radical (unpaired) electrons. The van der Waals surface area contributed by atoms with E-state index in [4.69, 9.17) is 36.3 Å². The number of amides is 3. The number of carbonyl (C=O) groups excluding carboxylic acids is 7. The molecule has 7 fully saturated rings. The van der Waals surface area contributed by atoms with Crippen molar-refractivity contribution >= 4 is 65.1 Å². The van der Waals surface area contributed by atoms with Crippen molar-refractivity contribution < 1.29 is 52.5 Å². The van der Waals surface area contributed by atoms with Crippen LogP contribution in [0.25, 0.3) is 0 Å². The van der Waals surface area contributed by atoms with Crippen LogP contribution < -0.4 is 10.6 Å². The van der Waals surface area contributed by atoms with Crippen LogP contribution in [-0.2, 0) is 33.3 Å². The van der Waals surface area contributed by atoms with Crippen LogP contribution in [0.3, 0.4) is 0 Å². The molecule has 3 amide bonds. The zero-order chi connectivity index (χ0) is 55.9. The first-order chi connectivity index (χ1) is 36.7. The molecule has 7 aliphatic rings. The summed E-state index contributed by atoms with van der Waals surface area (Å²) in [5, 5.41) is 23.7. The van der Waals surface area contributed by atoms with Gasteiger partial charge in [-0.05, 0) is 170 Å². The Morgan fingerprint density at radius 1 is 0.494 bits per heavy atom. The number of nitrogens with one attached hydrogen (secondary N) is 2. The number of hydrogen-bond acceptors (Lipinski definition) is 17. The summed E-state index contributed by atoms with van der Waals surface area (Å²) in [6.07, 6.45) is 16.2. The number of piperidine rings is 3. The van der Waals surface area contributed by atoms with Gasteiger partial charge in [-0.2, -0.15) is 10.5 Å². The maximum Gasteiger partial charge on any atom is 0.409 e. The zero-order valence-corrected chi connectivity index (χ0v) is 48.8. The highest BCUT2D eigenvalue weighted by Gasteiger charge is 2.31. The molecule has 7 aliphatic heterocycles. The van der Waals surface area contributed by atoms with E-state index in [2.05, 4.69) is 37.3 Å². The van der Waals surface area contributed by atoms with E-state index in [9.17, 15) is 33.6 Å². The second kappa shape index (κ2) is 43.6. The number of Topliss-reactive ketones (excluding diaryl/α,β-unsaturated/α-hetero) is 3. The number of nitriles is 2. The Morgan fingerprint density at radius 3 is 1.34 bits per heavy atom. The van der Waals surface area contributed by atoms with E-state index in [1.165, 1.54) is 0 Å². The van der Waals surface area contributed by atoms with Gasteiger partial charge in [0.2, 0.25) is 0 Å². The average molecular weight is 1130 g/mol. The summed E-state index contributed by atoms with van der Waals surface area (Å²) in [7, 11) is 0. The molecule has 0 aromatic heterocycles. The van der Waals surface area contributed by atoms with E-state index in [-0.39, 0.29) is 48.3 Å². The number of hydrogen-bond donors (Lipinski definition) is 2. The average Bonchev–Trinajstić information content (AvgIpc) is 4.02. The van der Waals surface area contributed by atoms with Crippen LogP contribution in [0.2, 0.25) is 0 Å². The fraction of sp³-hybridized carbons (Fsp3) is 0.836. The standard InChI is InChI=1S/C16H28N2O3.C15H25N3O2.C9H15NO3.C6H10N2.C6H11NO.C3H5ClO2.ClH/c1-3-21-16(20)18-9-4-5-15(8-12-18)17-10-6-14(7-11-17)13(2)19;1-2-20-15(19)18-8-3-4-14(7-11-18)17-9-5-13(12-16)6-10-17;1-2-13-9(12)10-6-3-4-8(11)5-7-10;7-5-6-1-3-8-4-2-6;8-6-2-1-4-7-5-3-6;1-2-6-3(4)5;/h14-15H,3-12H2,1-2H3;13-14H,2-11H2,1H3;2-7H2,1H3;6,8H,1-4H2;7H,1-5H2;2H2,1H3;1H. The van der Waals surface area contributed by atoms with E-state index < -0.39 is 5.43 Å². The Labute approximate surface area is 471 Å². The maximum atomic E-state index is 11.8. The lowest BCUT2D eigenvalue weighted by Gasteiger charge is -2.36. The van der Waals surface area contributed by atoms with E-state index in [0.29, 0.717) is 81.9 Å². The predicted molar refractivity (Wildman–Crippen MR) is 298 cm³/mol. The van der Waals surface area contributed by atoms with Gasteiger partial charge in [0.1, 0.15) is 17.3 Å². The molecule has 440 valence electrons. The smallest absolute Gasteiger partial charge is 0.409 e. The Hall–Kier alpha value is -4.31. The van der Waals surface area contributed by atoms with Gasteiger partial charge in [0, 0.05) is 113 Å². The molecule has 2 atom stereocenters.